The lowest BCUT2D eigenvalue weighted by Gasteiger charge is -2.19. The monoisotopic (exact) mass is 277 g/mol. The molecule has 0 aromatic heterocycles. The van der Waals surface area contributed by atoms with Crippen LogP contribution in [0.15, 0.2) is 18.2 Å². The standard InChI is InChI=1S/C12H15Cl2NO2/c1-12(2,3)17-11(16)15-7-8-4-5-9(13)10(14)6-8/h4-6H,7H2,1-3H3,(H,15,16)/i5D,6D. The number of carbonyl (C=O) groups excluding carboxylic acids is 1. The number of rotatable bonds is 2. The molecular formula is C12H15Cl2NO2. The molecule has 0 atom stereocenters. The minimum Gasteiger partial charge on any atom is -0.444 e. The van der Waals surface area contributed by atoms with Crippen LogP contribution in [0.2, 0.25) is 10.0 Å². The molecule has 1 aromatic carbocycles. The lowest BCUT2D eigenvalue weighted by Crippen LogP contribution is -2.32. The van der Waals surface area contributed by atoms with Crippen LogP contribution in [0.1, 0.15) is 29.1 Å². The van der Waals surface area contributed by atoms with E-state index >= 15 is 0 Å². The van der Waals surface area contributed by atoms with Gasteiger partial charge in [0.15, 0.2) is 0 Å². The summed E-state index contributed by atoms with van der Waals surface area (Å²) in [5, 5.41) is 2.55. The van der Waals surface area contributed by atoms with E-state index in [4.69, 9.17) is 30.7 Å². The first kappa shape index (κ1) is 11.2. The van der Waals surface area contributed by atoms with E-state index in [1.807, 2.05) is 0 Å². The Labute approximate surface area is 114 Å². The molecule has 3 nitrogen and oxygen atoms in total. The van der Waals surface area contributed by atoms with Crippen molar-refractivity contribution in [3.63, 3.8) is 0 Å². The van der Waals surface area contributed by atoms with Crippen LogP contribution in [-0.2, 0) is 11.3 Å². The van der Waals surface area contributed by atoms with Crippen LogP contribution >= 0.6 is 23.2 Å². The van der Waals surface area contributed by atoms with Crippen LogP contribution in [0.5, 0.6) is 0 Å². The molecule has 0 bridgehead atoms. The average Bonchev–Trinajstić information content (AvgIpc) is 2.27. The molecule has 0 fully saturated rings. The first-order valence-electron chi connectivity index (χ1n) is 6.02. The second-order valence-electron chi connectivity index (χ2n) is 4.42. The Morgan fingerprint density at radius 1 is 1.47 bits per heavy atom. The highest BCUT2D eigenvalue weighted by Crippen LogP contribution is 2.22. The smallest absolute Gasteiger partial charge is 0.407 e. The van der Waals surface area contributed by atoms with Gasteiger partial charge < -0.3 is 10.1 Å². The quantitative estimate of drug-likeness (QED) is 0.887. The molecule has 1 aromatic rings. The summed E-state index contributed by atoms with van der Waals surface area (Å²) in [7, 11) is 0. The third-order valence-corrected chi connectivity index (χ3v) is 2.34. The van der Waals surface area contributed by atoms with Crippen molar-refractivity contribution in [2.45, 2.75) is 32.9 Å². The van der Waals surface area contributed by atoms with Gasteiger partial charge in [-0.2, -0.15) is 0 Å². The molecule has 0 saturated carbocycles. The van der Waals surface area contributed by atoms with Crippen molar-refractivity contribution >= 4 is 29.3 Å². The van der Waals surface area contributed by atoms with Crippen molar-refractivity contribution in [2.24, 2.45) is 0 Å². The molecule has 0 unspecified atom stereocenters. The topological polar surface area (TPSA) is 38.3 Å². The summed E-state index contributed by atoms with van der Waals surface area (Å²) in [4.78, 5) is 11.5. The molecule has 0 radical (unpaired) electrons. The van der Waals surface area contributed by atoms with E-state index in [0.29, 0.717) is 5.56 Å². The molecule has 17 heavy (non-hydrogen) atoms. The Bertz CT molecular complexity index is 501. The Morgan fingerprint density at radius 2 is 2.12 bits per heavy atom. The number of halogens is 2. The van der Waals surface area contributed by atoms with E-state index in [1.54, 1.807) is 20.8 Å². The maximum atomic E-state index is 11.5. The summed E-state index contributed by atoms with van der Waals surface area (Å²) in [5.74, 6) is 0. The summed E-state index contributed by atoms with van der Waals surface area (Å²) in [5.41, 5.74) is -0.184. The van der Waals surface area contributed by atoms with Crippen LogP contribution in [-0.4, -0.2) is 11.7 Å². The van der Waals surface area contributed by atoms with E-state index in [9.17, 15) is 4.79 Å². The van der Waals surface area contributed by atoms with Crippen LogP contribution in [0.25, 0.3) is 0 Å². The minimum absolute atomic E-state index is 0.00118. The van der Waals surface area contributed by atoms with Gasteiger partial charge in [-0.3, -0.25) is 0 Å². The highest BCUT2D eigenvalue weighted by Gasteiger charge is 2.15. The van der Waals surface area contributed by atoms with E-state index in [2.05, 4.69) is 5.32 Å². The van der Waals surface area contributed by atoms with Gasteiger partial charge in [0.25, 0.3) is 0 Å². The van der Waals surface area contributed by atoms with Gasteiger partial charge in [0, 0.05) is 6.54 Å². The molecule has 1 N–H and O–H groups in total. The SMILES string of the molecule is [2H]c1cc(CNC(=O)OC(C)(C)C)c([2H])c(Cl)c1Cl. The summed E-state index contributed by atoms with van der Waals surface area (Å²) in [6.07, 6.45) is -0.593. The summed E-state index contributed by atoms with van der Waals surface area (Å²) < 4.78 is 20.4. The van der Waals surface area contributed by atoms with Gasteiger partial charge in [0.05, 0.1) is 12.8 Å². The van der Waals surface area contributed by atoms with Crippen molar-refractivity contribution in [1.29, 1.82) is 0 Å². The number of alkyl carbamates (subject to hydrolysis) is 1. The molecule has 0 aliphatic rings. The van der Waals surface area contributed by atoms with Gasteiger partial charge in [-0.25, -0.2) is 4.79 Å². The van der Waals surface area contributed by atoms with Gasteiger partial charge in [0.2, 0.25) is 0 Å². The number of hydrogen-bond acceptors (Lipinski definition) is 2. The third-order valence-electron chi connectivity index (χ3n) is 1.66. The summed E-state index contributed by atoms with van der Waals surface area (Å²) in [6.45, 7) is 5.31. The van der Waals surface area contributed by atoms with E-state index in [1.165, 1.54) is 6.07 Å². The van der Waals surface area contributed by atoms with Crippen molar-refractivity contribution in [3.05, 3.63) is 33.8 Å². The highest BCUT2D eigenvalue weighted by atomic mass is 35.5. The number of hydrogen-bond donors (Lipinski definition) is 1. The lowest BCUT2D eigenvalue weighted by atomic mass is 10.2. The molecule has 1 rings (SSSR count). The molecule has 0 saturated heterocycles. The zero-order valence-corrected chi connectivity index (χ0v) is 11.4. The predicted octanol–water partition coefficient (Wildman–Crippen LogP) is 4.02. The third kappa shape index (κ3) is 5.29. The fourth-order valence-corrected chi connectivity index (χ4v) is 1.30. The van der Waals surface area contributed by atoms with Gasteiger partial charge in [-0.15, -0.1) is 0 Å². The lowest BCUT2D eigenvalue weighted by molar-refractivity contribution is 0.0523. The highest BCUT2D eigenvalue weighted by molar-refractivity contribution is 6.42. The zero-order chi connectivity index (χ0) is 14.8. The molecule has 5 heteroatoms. The van der Waals surface area contributed by atoms with Crippen molar-refractivity contribution in [2.75, 3.05) is 0 Å². The van der Waals surface area contributed by atoms with Crippen LogP contribution < -0.4 is 5.32 Å². The summed E-state index contributed by atoms with van der Waals surface area (Å²) >= 11 is 11.6. The van der Waals surface area contributed by atoms with Crippen molar-refractivity contribution in [3.8, 4) is 0 Å². The number of benzene rings is 1. The Kier molecular flexibility index (Phi) is 3.69. The minimum atomic E-state index is -0.593. The van der Waals surface area contributed by atoms with Crippen LogP contribution in [0, 0.1) is 0 Å². The second kappa shape index (κ2) is 5.61. The Morgan fingerprint density at radius 3 is 2.71 bits per heavy atom. The van der Waals surface area contributed by atoms with Gasteiger partial charge in [-0.1, -0.05) is 29.3 Å². The van der Waals surface area contributed by atoms with E-state index in [0.717, 1.165) is 0 Å². The molecule has 0 aliphatic heterocycles. The number of amides is 1. The van der Waals surface area contributed by atoms with Crippen molar-refractivity contribution in [1.82, 2.24) is 5.32 Å². The first-order chi connectivity index (χ1) is 8.61. The average molecular weight is 278 g/mol. The number of nitrogens with one attached hydrogen (secondary N) is 1. The Balaban J connectivity index is 2.77. The zero-order valence-electron chi connectivity index (χ0n) is 11.9. The van der Waals surface area contributed by atoms with Gasteiger partial charge in [-0.05, 0) is 38.4 Å². The maximum Gasteiger partial charge on any atom is 0.407 e. The fraction of sp³-hybridized carbons (Fsp3) is 0.417. The number of ether oxygens (including phenoxy) is 1. The largest absolute Gasteiger partial charge is 0.444 e. The second-order valence-corrected chi connectivity index (χ2v) is 5.18. The maximum absolute atomic E-state index is 11.5. The molecule has 0 heterocycles. The van der Waals surface area contributed by atoms with Crippen LogP contribution in [0.4, 0.5) is 4.79 Å². The van der Waals surface area contributed by atoms with E-state index in [-0.39, 0.29) is 28.7 Å². The fourth-order valence-electron chi connectivity index (χ4n) is 1.02. The molecule has 0 aliphatic carbocycles. The van der Waals surface area contributed by atoms with Crippen molar-refractivity contribution < 1.29 is 12.3 Å². The van der Waals surface area contributed by atoms with Crippen LogP contribution in [0.3, 0.4) is 0 Å². The summed E-state index contributed by atoms with van der Waals surface area (Å²) in [6, 6.07) is 1.41. The molecular weight excluding hydrogens is 261 g/mol. The number of carbonyl (C=O) groups is 1. The Hall–Kier alpha value is -0.930. The molecule has 94 valence electrons. The van der Waals surface area contributed by atoms with Gasteiger partial charge >= 0.3 is 6.09 Å². The first-order valence-corrected chi connectivity index (χ1v) is 5.78. The molecule has 1 amide bonds. The normalized spacial score (nSPS) is 12.8. The molecule has 0 spiro atoms. The van der Waals surface area contributed by atoms with Gasteiger partial charge in [0.1, 0.15) is 5.60 Å². The predicted molar refractivity (Wildman–Crippen MR) is 69.5 cm³/mol. The van der Waals surface area contributed by atoms with E-state index < -0.39 is 11.7 Å².